The van der Waals surface area contributed by atoms with E-state index in [9.17, 15) is 0 Å². The maximum Gasteiger partial charge on any atom is 0.191 e. The first-order valence-electron chi connectivity index (χ1n) is 10.9. The summed E-state index contributed by atoms with van der Waals surface area (Å²) in [4.78, 5) is 7.00. The third kappa shape index (κ3) is 5.23. The first kappa shape index (κ1) is 21.0. The van der Waals surface area contributed by atoms with Crippen LogP contribution >= 0.6 is 0 Å². The van der Waals surface area contributed by atoms with Gasteiger partial charge in [-0.15, -0.1) is 10.2 Å². The predicted octanol–water partition coefficient (Wildman–Crippen LogP) is 1.42. The van der Waals surface area contributed by atoms with Gasteiger partial charge >= 0.3 is 0 Å². The molecule has 1 aromatic rings. The van der Waals surface area contributed by atoms with Crippen LogP contribution in [0.2, 0.25) is 0 Å². The number of morpholine rings is 1. The Hall–Kier alpha value is -1.67. The van der Waals surface area contributed by atoms with E-state index >= 15 is 0 Å². The largest absolute Gasteiger partial charge is 0.379 e. The average molecular weight is 392 g/mol. The highest BCUT2D eigenvalue weighted by Gasteiger charge is 2.27. The van der Waals surface area contributed by atoms with E-state index in [1.54, 1.807) is 0 Å². The number of aryl methyl sites for hydroxylation is 1. The lowest BCUT2D eigenvalue weighted by Crippen LogP contribution is -2.53. The summed E-state index contributed by atoms with van der Waals surface area (Å²) < 4.78 is 7.81. The van der Waals surface area contributed by atoms with Crippen LogP contribution in [-0.2, 0) is 24.2 Å². The minimum atomic E-state index is 0.498. The van der Waals surface area contributed by atoms with E-state index in [0.717, 1.165) is 63.4 Å². The molecule has 0 amide bonds. The molecule has 3 rings (SSSR count). The second-order valence-electron chi connectivity index (χ2n) is 7.74. The van der Waals surface area contributed by atoms with Gasteiger partial charge in [-0.3, -0.25) is 9.89 Å². The molecular weight excluding hydrogens is 354 g/mol. The second kappa shape index (κ2) is 10.8. The van der Waals surface area contributed by atoms with Gasteiger partial charge in [0.15, 0.2) is 11.8 Å². The average Bonchev–Trinajstić information content (AvgIpc) is 3.17. The first-order valence-corrected chi connectivity index (χ1v) is 10.9. The number of hydrogen-bond donors (Lipinski definition) is 2. The smallest absolute Gasteiger partial charge is 0.191 e. The Kier molecular flexibility index (Phi) is 8.09. The number of rotatable bonds is 8. The van der Waals surface area contributed by atoms with Gasteiger partial charge in [-0.1, -0.05) is 26.7 Å². The molecule has 0 aromatic carbocycles. The molecule has 2 aliphatic rings. The van der Waals surface area contributed by atoms with Gasteiger partial charge in [0.2, 0.25) is 0 Å². The van der Waals surface area contributed by atoms with Gasteiger partial charge in [-0.05, 0) is 18.8 Å². The van der Waals surface area contributed by atoms with Crippen molar-refractivity contribution < 1.29 is 4.74 Å². The quantitative estimate of drug-likeness (QED) is 0.515. The van der Waals surface area contributed by atoms with Crippen LogP contribution in [0.4, 0.5) is 0 Å². The first-order chi connectivity index (χ1) is 13.8. The Balaban J connectivity index is 1.55. The van der Waals surface area contributed by atoms with Gasteiger partial charge in [0, 0.05) is 45.7 Å². The number of aromatic nitrogens is 3. The molecule has 1 atom stereocenters. The molecule has 2 N–H and O–H groups in total. The number of aliphatic imine (C=N–C) groups is 1. The van der Waals surface area contributed by atoms with Gasteiger partial charge in [0.25, 0.3) is 0 Å². The molecule has 0 aliphatic carbocycles. The number of fused-ring (bicyclic) bond motifs is 1. The summed E-state index contributed by atoms with van der Waals surface area (Å²) >= 11 is 0. The molecule has 1 unspecified atom stereocenters. The topological polar surface area (TPSA) is 79.6 Å². The molecule has 1 fully saturated rings. The number of hydrogen-bond acceptors (Lipinski definition) is 5. The highest BCUT2D eigenvalue weighted by Crippen LogP contribution is 2.19. The van der Waals surface area contributed by atoms with Crippen molar-refractivity contribution in [2.24, 2.45) is 10.9 Å². The molecule has 28 heavy (non-hydrogen) atoms. The van der Waals surface area contributed by atoms with Crippen molar-refractivity contribution in [3.05, 3.63) is 11.6 Å². The Morgan fingerprint density at radius 2 is 1.89 bits per heavy atom. The van der Waals surface area contributed by atoms with Crippen LogP contribution in [-0.4, -0.2) is 71.6 Å². The van der Waals surface area contributed by atoms with Crippen molar-refractivity contribution in [1.29, 1.82) is 0 Å². The summed E-state index contributed by atoms with van der Waals surface area (Å²) in [5.41, 5.74) is 0. The summed E-state index contributed by atoms with van der Waals surface area (Å²) in [6.07, 6.45) is 5.85. The van der Waals surface area contributed by atoms with Gasteiger partial charge < -0.3 is 19.9 Å². The second-order valence-corrected chi connectivity index (χ2v) is 7.74. The molecule has 158 valence electrons. The highest BCUT2D eigenvalue weighted by molar-refractivity contribution is 5.79. The van der Waals surface area contributed by atoms with Crippen molar-refractivity contribution in [3.8, 4) is 0 Å². The zero-order valence-electron chi connectivity index (χ0n) is 17.8. The number of guanidine groups is 1. The molecule has 0 saturated carbocycles. The van der Waals surface area contributed by atoms with Crippen molar-refractivity contribution in [1.82, 2.24) is 30.3 Å². The van der Waals surface area contributed by atoms with E-state index in [4.69, 9.17) is 4.74 Å². The third-order valence-corrected chi connectivity index (χ3v) is 6.16. The fourth-order valence-electron chi connectivity index (χ4n) is 4.42. The van der Waals surface area contributed by atoms with Crippen LogP contribution in [0.3, 0.4) is 0 Å². The maximum atomic E-state index is 5.56. The normalized spacial score (nSPS) is 19.5. The Bertz CT molecular complexity index is 620. The lowest BCUT2D eigenvalue weighted by atomic mass is 9.92. The van der Waals surface area contributed by atoms with E-state index in [-0.39, 0.29) is 0 Å². The van der Waals surface area contributed by atoms with Crippen molar-refractivity contribution >= 4 is 5.96 Å². The minimum absolute atomic E-state index is 0.498. The molecule has 1 saturated heterocycles. The summed E-state index contributed by atoms with van der Waals surface area (Å²) in [6, 6.07) is 0.498. The lowest BCUT2D eigenvalue weighted by molar-refractivity contribution is 0.00272. The van der Waals surface area contributed by atoms with Crippen LogP contribution in [0.1, 0.15) is 51.2 Å². The van der Waals surface area contributed by atoms with Crippen molar-refractivity contribution in [2.75, 3.05) is 39.9 Å². The van der Waals surface area contributed by atoms with Crippen molar-refractivity contribution in [2.45, 2.75) is 65.1 Å². The van der Waals surface area contributed by atoms with Crippen LogP contribution in [0.25, 0.3) is 0 Å². The molecule has 8 nitrogen and oxygen atoms in total. The third-order valence-electron chi connectivity index (χ3n) is 6.16. The summed E-state index contributed by atoms with van der Waals surface area (Å²) in [5.74, 6) is 3.62. The summed E-state index contributed by atoms with van der Waals surface area (Å²) in [6.45, 7) is 10.9. The summed E-state index contributed by atoms with van der Waals surface area (Å²) in [7, 11) is 1.83. The van der Waals surface area contributed by atoms with Crippen molar-refractivity contribution in [3.63, 3.8) is 0 Å². The molecule has 3 heterocycles. The Morgan fingerprint density at radius 1 is 1.11 bits per heavy atom. The number of nitrogens with zero attached hydrogens (tertiary/aromatic N) is 5. The SMILES string of the molecule is CCC(CC)C(CNC(=NC)NCc1nnc2n1CCCC2)N1CCOCC1. The fourth-order valence-corrected chi connectivity index (χ4v) is 4.42. The van der Waals surface area contributed by atoms with Gasteiger partial charge in [0.1, 0.15) is 5.82 Å². The minimum Gasteiger partial charge on any atom is -0.379 e. The van der Waals surface area contributed by atoms with E-state index in [1.807, 2.05) is 7.05 Å². The zero-order chi connectivity index (χ0) is 19.8. The Morgan fingerprint density at radius 3 is 2.61 bits per heavy atom. The molecule has 0 radical (unpaired) electrons. The van der Waals surface area contributed by atoms with E-state index < -0.39 is 0 Å². The zero-order valence-corrected chi connectivity index (χ0v) is 17.8. The monoisotopic (exact) mass is 391 g/mol. The van der Waals surface area contributed by atoms with E-state index in [1.165, 1.54) is 25.7 Å². The molecular formula is C20H37N7O. The van der Waals surface area contributed by atoms with Gasteiger partial charge in [0.05, 0.1) is 19.8 Å². The number of nitrogens with one attached hydrogen (secondary N) is 2. The predicted molar refractivity (Wildman–Crippen MR) is 111 cm³/mol. The van der Waals surface area contributed by atoms with E-state index in [2.05, 4.69) is 49.1 Å². The van der Waals surface area contributed by atoms with Crippen LogP contribution in [0, 0.1) is 5.92 Å². The fraction of sp³-hybridized carbons (Fsp3) is 0.850. The van der Waals surface area contributed by atoms with Crippen LogP contribution < -0.4 is 10.6 Å². The lowest BCUT2D eigenvalue weighted by Gasteiger charge is -2.39. The van der Waals surface area contributed by atoms with Gasteiger partial charge in [-0.2, -0.15) is 0 Å². The number of ether oxygens (including phenoxy) is 1. The van der Waals surface area contributed by atoms with E-state index in [0.29, 0.717) is 18.5 Å². The van der Waals surface area contributed by atoms with Crippen LogP contribution in [0.15, 0.2) is 4.99 Å². The Labute approximate surface area is 169 Å². The highest BCUT2D eigenvalue weighted by atomic mass is 16.5. The van der Waals surface area contributed by atoms with Gasteiger partial charge in [-0.25, -0.2) is 0 Å². The molecule has 0 bridgehead atoms. The maximum absolute atomic E-state index is 5.56. The molecule has 8 heteroatoms. The van der Waals surface area contributed by atoms with Crippen LogP contribution in [0.5, 0.6) is 0 Å². The summed E-state index contributed by atoms with van der Waals surface area (Å²) in [5, 5.41) is 15.7. The molecule has 2 aliphatic heterocycles. The standard InChI is InChI=1S/C20H37N7O/c1-4-16(5-2)17(26-10-12-28-13-11-26)14-22-20(21-3)23-15-19-25-24-18-8-6-7-9-27(18)19/h16-17H,4-15H2,1-3H3,(H2,21,22,23). The molecule has 0 spiro atoms. The molecule has 1 aromatic heterocycles.